The second-order valence-electron chi connectivity index (χ2n) is 8.30. The largest absolute Gasteiger partial charge is 0.489 e. The molecule has 1 saturated carbocycles. The molecule has 2 aliphatic heterocycles. The Hall–Kier alpha value is -2.40. The highest BCUT2D eigenvalue weighted by Crippen LogP contribution is 2.31. The van der Waals surface area contributed by atoms with Gasteiger partial charge in [-0.05, 0) is 30.6 Å². The Bertz CT molecular complexity index is 957. The Morgan fingerprint density at radius 2 is 2.04 bits per heavy atom. The summed E-state index contributed by atoms with van der Waals surface area (Å²) in [7, 11) is 0. The van der Waals surface area contributed by atoms with Gasteiger partial charge in [-0.1, -0.05) is 37.5 Å². The van der Waals surface area contributed by atoms with E-state index in [1.54, 1.807) is 0 Å². The van der Waals surface area contributed by atoms with E-state index in [-0.39, 0.29) is 5.56 Å². The normalized spacial score (nSPS) is 20.1. The molecule has 5 rings (SSSR count). The van der Waals surface area contributed by atoms with Crippen LogP contribution in [0.4, 0.5) is 0 Å². The van der Waals surface area contributed by atoms with Crippen molar-refractivity contribution in [3.63, 3.8) is 0 Å². The van der Waals surface area contributed by atoms with Crippen LogP contribution >= 0.6 is 0 Å². The lowest BCUT2D eigenvalue weighted by Crippen LogP contribution is -2.38. The second kappa shape index (κ2) is 7.55. The zero-order valence-corrected chi connectivity index (χ0v) is 16.2. The fraction of sp³-hybridized carbons (Fsp3) is 0.478. The quantitative estimate of drug-likeness (QED) is 0.887. The molecule has 146 valence electrons. The van der Waals surface area contributed by atoms with Crippen molar-refractivity contribution in [1.29, 1.82) is 0 Å². The van der Waals surface area contributed by atoms with Gasteiger partial charge in [0, 0.05) is 37.5 Å². The summed E-state index contributed by atoms with van der Waals surface area (Å²) in [5.41, 5.74) is 4.32. The molecule has 3 aliphatic rings. The number of para-hydroxylation sites is 1. The monoisotopic (exact) mass is 377 g/mol. The molecule has 1 aromatic heterocycles. The summed E-state index contributed by atoms with van der Waals surface area (Å²) in [6.07, 6.45) is 9.20. The van der Waals surface area contributed by atoms with Crippen LogP contribution < -0.4 is 10.3 Å². The maximum Gasteiger partial charge on any atom is 0.255 e. The summed E-state index contributed by atoms with van der Waals surface area (Å²) >= 11 is 0. The predicted octanol–water partition coefficient (Wildman–Crippen LogP) is 3.65. The van der Waals surface area contributed by atoms with E-state index in [2.05, 4.69) is 22.0 Å². The molecular formula is C23H27N3O2. The number of nitrogens with zero attached hydrogens (tertiary/aromatic N) is 2. The standard InChI is InChI=1S/C23H27N3O2/c27-23-19-14-26(13-16-12-18-8-4-5-9-21(18)28-15-16)11-10-20(19)24-22(25-23)17-6-2-1-3-7-17/h4-5,8-9,12,17H,1-3,6-7,10-11,13-15H2,(H,24,25,27). The Balaban J connectivity index is 1.32. The molecule has 1 aromatic carbocycles. The zero-order valence-electron chi connectivity index (χ0n) is 16.2. The van der Waals surface area contributed by atoms with Gasteiger partial charge in [-0.15, -0.1) is 0 Å². The smallest absolute Gasteiger partial charge is 0.255 e. The molecule has 0 amide bonds. The Kier molecular flexibility index (Phi) is 4.77. The summed E-state index contributed by atoms with van der Waals surface area (Å²) in [6.45, 7) is 3.06. The summed E-state index contributed by atoms with van der Waals surface area (Å²) < 4.78 is 5.88. The molecular weight excluding hydrogens is 350 g/mol. The first kappa shape index (κ1) is 17.7. The van der Waals surface area contributed by atoms with Crippen LogP contribution in [0, 0.1) is 0 Å². The first-order valence-corrected chi connectivity index (χ1v) is 10.5. The average Bonchev–Trinajstić information content (AvgIpc) is 2.74. The number of aromatic amines is 1. The average molecular weight is 377 g/mol. The van der Waals surface area contributed by atoms with Crippen molar-refractivity contribution < 1.29 is 4.74 Å². The molecule has 28 heavy (non-hydrogen) atoms. The molecule has 0 radical (unpaired) electrons. The molecule has 1 fully saturated rings. The number of hydrogen-bond donors (Lipinski definition) is 1. The van der Waals surface area contributed by atoms with E-state index < -0.39 is 0 Å². The maximum atomic E-state index is 12.8. The van der Waals surface area contributed by atoms with Crippen molar-refractivity contribution in [1.82, 2.24) is 14.9 Å². The fourth-order valence-corrected chi connectivity index (χ4v) is 4.75. The molecule has 2 aromatic rings. The van der Waals surface area contributed by atoms with Gasteiger partial charge in [0.1, 0.15) is 18.2 Å². The number of rotatable bonds is 3. The third kappa shape index (κ3) is 3.51. The van der Waals surface area contributed by atoms with Gasteiger partial charge in [0.05, 0.1) is 11.3 Å². The van der Waals surface area contributed by atoms with Crippen LogP contribution in [0.15, 0.2) is 34.6 Å². The third-order valence-corrected chi connectivity index (χ3v) is 6.28. The number of ether oxygens (including phenoxy) is 1. The van der Waals surface area contributed by atoms with Crippen LogP contribution in [-0.4, -0.2) is 34.6 Å². The molecule has 1 aliphatic carbocycles. The minimum absolute atomic E-state index is 0.0643. The van der Waals surface area contributed by atoms with Gasteiger partial charge < -0.3 is 9.72 Å². The van der Waals surface area contributed by atoms with Gasteiger partial charge in [-0.2, -0.15) is 0 Å². The zero-order chi connectivity index (χ0) is 18.9. The fourth-order valence-electron chi connectivity index (χ4n) is 4.75. The molecule has 0 bridgehead atoms. The van der Waals surface area contributed by atoms with Crippen LogP contribution in [0.25, 0.3) is 6.08 Å². The van der Waals surface area contributed by atoms with Crippen LogP contribution in [0.2, 0.25) is 0 Å². The summed E-state index contributed by atoms with van der Waals surface area (Å²) in [5, 5.41) is 0. The van der Waals surface area contributed by atoms with Gasteiger partial charge in [0.2, 0.25) is 0 Å². The lowest BCUT2D eigenvalue weighted by Gasteiger charge is -2.30. The Morgan fingerprint density at radius 3 is 2.93 bits per heavy atom. The van der Waals surface area contributed by atoms with E-state index in [9.17, 15) is 4.79 Å². The van der Waals surface area contributed by atoms with E-state index in [0.717, 1.165) is 60.7 Å². The van der Waals surface area contributed by atoms with Crippen LogP contribution in [-0.2, 0) is 13.0 Å². The Labute approximate surface area is 165 Å². The SMILES string of the molecule is O=c1[nH]c(C2CCCCC2)nc2c1CN(CC1=Cc3ccccc3OC1)CC2. The van der Waals surface area contributed by atoms with Crippen LogP contribution in [0.5, 0.6) is 5.75 Å². The topological polar surface area (TPSA) is 58.2 Å². The number of hydrogen-bond acceptors (Lipinski definition) is 4. The molecule has 0 saturated heterocycles. The number of aromatic nitrogens is 2. The summed E-state index contributed by atoms with van der Waals surface area (Å²) in [5.74, 6) is 2.32. The van der Waals surface area contributed by atoms with Crippen molar-refractivity contribution in [2.24, 2.45) is 0 Å². The molecule has 5 nitrogen and oxygen atoms in total. The van der Waals surface area contributed by atoms with E-state index in [1.165, 1.54) is 24.8 Å². The van der Waals surface area contributed by atoms with Gasteiger partial charge in [-0.25, -0.2) is 4.98 Å². The highest BCUT2D eigenvalue weighted by Gasteiger charge is 2.25. The molecule has 3 heterocycles. The van der Waals surface area contributed by atoms with Crippen molar-refractivity contribution >= 4 is 6.08 Å². The van der Waals surface area contributed by atoms with E-state index in [1.807, 2.05) is 18.2 Å². The molecule has 0 unspecified atom stereocenters. The highest BCUT2D eigenvalue weighted by molar-refractivity contribution is 5.62. The second-order valence-corrected chi connectivity index (χ2v) is 8.30. The lowest BCUT2D eigenvalue weighted by atomic mass is 9.88. The van der Waals surface area contributed by atoms with Crippen molar-refractivity contribution in [3.05, 3.63) is 62.8 Å². The number of H-pyrrole nitrogens is 1. The van der Waals surface area contributed by atoms with Gasteiger partial charge >= 0.3 is 0 Å². The van der Waals surface area contributed by atoms with Crippen molar-refractivity contribution in [2.75, 3.05) is 19.7 Å². The first-order chi connectivity index (χ1) is 13.8. The first-order valence-electron chi connectivity index (χ1n) is 10.5. The number of nitrogens with one attached hydrogen (secondary N) is 1. The highest BCUT2D eigenvalue weighted by atomic mass is 16.5. The maximum absolute atomic E-state index is 12.8. The van der Waals surface area contributed by atoms with Crippen molar-refractivity contribution in [2.45, 2.75) is 51.0 Å². The number of fused-ring (bicyclic) bond motifs is 2. The van der Waals surface area contributed by atoms with E-state index >= 15 is 0 Å². The minimum Gasteiger partial charge on any atom is -0.489 e. The predicted molar refractivity (Wildman–Crippen MR) is 110 cm³/mol. The molecule has 5 heteroatoms. The van der Waals surface area contributed by atoms with Gasteiger partial charge in [0.15, 0.2) is 0 Å². The van der Waals surface area contributed by atoms with E-state index in [4.69, 9.17) is 9.72 Å². The minimum atomic E-state index is 0.0643. The van der Waals surface area contributed by atoms with Crippen LogP contribution in [0.3, 0.4) is 0 Å². The van der Waals surface area contributed by atoms with Gasteiger partial charge in [-0.3, -0.25) is 9.69 Å². The Morgan fingerprint density at radius 1 is 1.18 bits per heavy atom. The lowest BCUT2D eigenvalue weighted by molar-refractivity contribution is 0.253. The number of benzene rings is 1. The van der Waals surface area contributed by atoms with Gasteiger partial charge in [0.25, 0.3) is 5.56 Å². The van der Waals surface area contributed by atoms with Crippen molar-refractivity contribution in [3.8, 4) is 5.75 Å². The summed E-state index contributed by atoms with van der Waals surface area (Å²) in [4.78, 5) is 23.1. The molecule has 0 atom stereocenters. The summed E-state index contributed by atoms with van der Waals surface area (Å²) in [6, 6.07) is 8.13. The van der Waals surface area contributed by atoms with E-state index in [0.29, 0.717) is 19.1 Å². The molecule has 0 spiro atoms. The third-order valence-electron chi connectivity index (χ3n) is 6.28. The van der Waals surface area contributed by atoms with Crippen LogP contribution in [0.1, 0.15) is 60.7 Å². The molecule has 1 N–H and O–H groups in total.